The van der Waals surface area contributed by atoms with Gasteiger partial charge in [-0.3, -0.25) is 9.48 Å². The lowest BCUT2D eigenvalue weighted by Crippen LogP contribution is -2.21. The zero-order chi connectivity index (χ0) is 11.1. The molecule has 0 radical (unpaired) electrons. The third-order valence-electron chi connectivity index (χ3n) is 3.01. The molecule has 4 nitrogen and oxygen atoms in total. The quantitative estimate of drug-likeness (QED) is 0.808. The summed E-state index contributed by atoms with van der Waals surface area (Å²) in [6, 6.07) is 2.45. The Bertz CT molecular complexity index is 494. The van der Waals surface area contributed by atoms with Crippen LogP contribution in [0, 0.1) is 0 Å². The van der Waals surface area contributed by atoms with Gasteiger partial charge in [-0.1, -0.05) is 12.2 Å². The molecule has 2 N–H and O–H groups in total. The first kappa shape index (κ1) is 9.39. The van der Waals surface area contributed by atoms with Gasteiger partial charge in [0.1, 0.15) is 0 Å². The number of nitrogens with zero attached hydrogens (tertiary/aromatic N) is 2. The number of aromatic nitrogens is 2. The molecule has 1 atom stereocenters. The number of carbonyl (C=O) groups excluding carboxylic acids is 1. The Morgan fingerprint density at radius 2 is 2.25 bits per heavy atom. The predicted molar refractivity (Wildman–Crippen MR) is 59.7 cm³/mol. The minimum Gasteiger partial charge on any atom is -0.396 e. The number of hydrogen-bond acceptors (Lipinski definition) is 3. The average Bonchev–Trinajstić information content (AvgIpc) is 3.02. The number of hydrogen-bond donors (Lipinski definition) is 1. The summed E-state index contributed by atoms with van der Waals surface area (Å²) in [5, 5.41) is 4.44. The maximum atomic E-state index is 11.8. The van der Waals surface area contributed by atoms with E-state index in [1.807, 2.05) is 29.1 Å². The number of ketones is 1. The summed E-state index contributed by atoms with van der Waals surface area (Å²) >= 11 is 0. The number of Topliss-reactive ketones (excluding diaryl/α,β-unsaturated/α-hetero) is 1. The summed E-state index contributed by atoms with van der Waals surface area (Å²) in [5.41, 5.74) is 6.72. The lowest BCUT2D eigenvalue weighted by atomic mass is 9.94. The second-order valence-corrected chi connectivity index (χ2v) is 4.30. The Morgan fingerprint density at radius 3 is 3.00 bits per heavy atom. The second-order valence-electron chi connectivity index (χ2n) is 4.30. The molecular formula is C12H13N3O. The summed E-state index contributed by atoms with van der Waals surface area (Å²) < 4.78 is 1.95. The van der Waals surface area contributed by atoms with E-state index in [1.165, 1.54) is 12.8 Å². The molecule has 1 aromatic rings. The van der Waals surface area contributed by atoms with Crippen molar-refractivity contribution in [1.29, 1.82) is 0 Å². The Hall–Kier alpha value is -1.84. The van der Waals surface area contributed by atoms with Crippen molar-refractivity contribution in [2.45, 2.75) is 24.8 Å². The number of rotatable bonds is 2. The summed E-state index contributed by atoms with van der Waals surface area (Å²) in [6.07, 6.45) is 9.63. The van der Waals surface area contributed by atoms with E-state index in [2.05, 4.69) is 5.10 Å². The Kier molecular flexibility index (Phi) is 1.96. The topological polar surface area (TPSA) is 60.9 Å². The first-order chi connectivity index (χ1) is 7.75. The van der Waals surface area contributed by atoms with Crippen molar-refractivity contribution < 1.29 is 4.79 Å². The Morgan fingerprint density at radius 1 is 1.44 bits per heavy atom. The summed E-state index contributed by atoms with van der Waals surface area (Å²) in [7, 11) is 0. The van der Waals surface area contributed by atoms with Gasteiger partial charge in [0.25, 0.3) is 0 Å². The molecule has 2 aliphatic rings. The van der Waals surface area contributed by atoms with Gasteiger partial charge in [-0.15, -0.1) is 0 Å². The summed E-state index contributed by atoms with van der Waals surface area (Å²) in [6.45, 7) is 0. The molecule has 82 valence electrons. The molecule has 16 heavy (non-hydrogen) atoms. The van der Waals surface area contributed by atoms with Crippen molar-refractivity contribution in [3.05, 3.63) is 41.9 Å². The fourth-order valence-corrected chi connectivity index (χ4v) is 1.91. The van der Waals surface area contributed by atoms with Crippen LogP contribution in [0.1, 0.15) is 30.5 Å². The highest BCUT2D eigenvalue weighted by molar-refractivity contribution is 6.01. The van der Waals surface area contributed by atoms with Crippen LogP contribution in [-0.4, -0.2) is 15.6 Å². The van der Waals surface area contributed by atoms with Crippen molar-refractivity contribution in [2.75, 3.05) is 0 Å². The van der Waals surface area contributed by atoms with Gasteiger partial charge in [-0.05, 0) is 25.0 Å². The molecule has 0 aromatic carbocycles. The van der Waals surface area contributed by atoms with E-state index < -0.39 is 0 Å². The average molecular weight is 215 g/mol. The largest absolute Gasteiger partial charge is 0.396 e. The minimum absolute atomic E-state index is 0.0523. The second kappa shape index (κ2) is 3.33. The maximum Gasteiger partial charge on any atom is 0.191 e. The van der Waals surface area contributed by atoms with Gasteiger partial charge in [-0.25, -0.2) is 0 Å². The van der Waals surface area contributed by atoms with E-state index in [0.717, 1.165) is 5.69 Å². The molecule has 0 amide bonds. The van der Waals surface area contributed by atoms with Crippen LogP contribution < -0.4 is 5.73 Å². The highest BCUT2D eigenvalue weighted by atomic mass is 16.1. The summed E-state index contributed by atoms with van der Waals surface area (Å²) in [5.74, 6) is -0.353. The van der Waals surface area contributed by atoms with E-state index in [-0.39, 0.29) is 11.7 Å². The normalized spacial score (nSPS) is 24.6. The van der Waals surface area contributed by atoms with Gasteiger partial charge in [0.05, 0.1) is 23.4 Å². The SMILES string of the molecule is NC1=CC=CC(c2ccn(C3CC3)n2)C1=O. The molecule has 1 saturated carbocycles. The Labute approximate surface area is 93.4 Å². The fourth-order valence-electron chi connectivity index (χ4n) is 1.91. The molecule has 2 aliphatic carbocycles. The molecule has 3 rings (SSSR count). The maximum absolute atomic E-state index is 11.8. The van der Waals surface area contributed by atoms with Crippen molar-refractivity contribution in [3.8, 4) is 0 Å². The van der Waals surface area contributed by atoms with Crippen LogP contribution in [0.4, 0.5) is 0 Å². The Balaban J connectivity index is 1.88. The zero-order valence-electron chi connectivity index (χ0n) is 8.84. The third-order valence-corrected chi connectivity index (χ3v) is 3.01. The van der Waals surface area contributed by atoms with Crippen molar-refractivity contribution in [1.82, 2.24) is 9.78 Å². The fraction of sp³-hybridized carbons (Fsp3) is 0.333. The van der Waals surface area contributed by atoms with Crippen LogP contribution in [0.5, 0.6) is 0 Å². The van der Waals surface area contributed by atoms with Crippen LogP contribution in [0.3, 0.4) is 0 Å². The predicted octanol–water partition coefficient (Wildman–Crippen LogP) is 1.28. The van der Waals surface area contributed by atoms with Crippen molar-refractivity contribution in [3.63, 3.8) is 0 Å². The number of nitrogens with two attached hydrogens (primary N) is 1. The lowest BCUT2D eigenvalue weighted by Gasteiger charge is -2.12. The van der Waals surface area contributed by atoms with Crippen LogP contribution >= 0.6 is 0 Å². The van der Waals surface area contributed by atoms with Crippen LogP contribution in [-0.2, 0) is 4.79 Å². The van der Waals surface area contributed by atoms with Crippen molar-refractivity contribution in [2.24, 2.45) is 5.73 Å². The highest BCUT2D eigenvalue weighted by Crippen LogP contribution is 2.34. The minimum atomic E-state index is -0.301. The lowest BCUT2D eigenvalue weighted by molar-refractivity contribution is -0.116. The van der Waals surface area contributed by atoms with E-state index >= 15 is 0 Å². The molecule has 0 saturated heterocycles. The van der Waals surface area contributed by atoms with E-state index in [9.17, 15) is 4.79 Å². The smallest absolute Gasteiger partial charge is 0.191 e. The van der Waals surface area contributed by atoms with Crippen molar-refractivity contribution >= 4 is 5.78 Å². The molecule has 0 spiro atoms. The van der Waals surface area contributed by atoms with Gasteiger partial charge in [0.2, 0.25) is 0 Å². The molecular weight excluding hydrogens is 202 g/mol. The van der Waals surface area contributed by atoms with Gasteiger partial charge in [0, 0.05) is 6.20 Å². The molecule has 1 aromatic heterocycles. The van der Waals surface area contributed by atoms with Crippen LogP contribution in [0.2, 0.25) is 0 Å². The monoisotopic (exact) mass is 215 g/mol. The molecule has 1 fully saturated rings. The van der Waals surface area contributed by atoms with Crippen LogP contribution in [0.25, 0.3) is 0 Å². The number of carbonyl (C=O) groups is 1. The molecule has 4 heteroatoms. The molecule has 0 aliphatic heterocycles. The van der Waals surface area contributed by atoms with Crippen LogP contribution in [0.15, 0.2) is 36.2 Å². The van der Waals surface area contributed by atoms with E-state index in [0.29, 0.717) is 11.7 Å². The van der Waals surface area contributed by atoms with Gasteiger partial charge in [0.15, 0.2) is 5.78 Å². The summed E-state index contributed by atoms with van der Waals surface area (Å²) in [4.78, 5) is 11.8. The number of allylic oxidation sites excluding steroid dienone is 4. The molecule has 1 heterocycles. The first-order valence-corrected chi connectivity index (χ1v) is 5.49. The van der Waals surface area contributed by atoms with Gasteiger partial charge in [-0.2, -0.15) is 5.10 Å². The highest BCUT2D eigenvalue weighted by Gasteiger charge is 2.28. The van der Waals surface area contributed by atoms with E-state index in [1.54, 1.807) is 6.08 Å². The first-order valence-electron chi connectivity index (χ1n) is 5.49. The third kappa shape index (κ3) is 1.46. The standard InChI is InChI=1S/C12H13N3O/c13-10-3-1-2-9(12(10)16)11-6-7-15(14-11)8-4-5-8/h1-3,6-9H,4-5,13H2. The zero-order valence-corrected chi connectivity index (χ0v) is 8.84. The molecule has 1 unspecified atom stereocenters. The molecule has 0 bridgehead atoms. The van der Waals surface area contributed by atoms with Gasteiger partial charge >= 0.3 is 0 Å². The van der Waals surface area contributed by atoms with Gasteiger partial charge < -0.3 is 5.73 Å². The van der Waals surface area contributed by atoms with E-state index in [4.69, 9.17) is 5.73 Å².